The zero-order valence-electron chi connectivity index (χ0n) is 13.2. The Labute approximate surface area is 137 Å². The van der Waals surface area contributed by atoms with E-state index in [1.54, 1.807) is 0 Å². The lowest BCUT2D eigenvalue weighted by Crippen LogP contribution is -2.35. The van der Waals surface area contributed by atoms with E-state index < -0.39 is 6.04 Å². The van der Waals surface area contributed by atoms with Gasteiger partial charge in [0.25, 0.3) is 0 Å². The van der Waals surface area contributed by atoms with Gasteiger partial charge in [0.2, 0.25) is 5.91 Å². The SMILES string of the molecule is NC(=O)[C@@H](NCCCN1CCc2ccccc21)c1ccccc1. The second-order valence-electron chi connectivity index (χ2n) is 5.92. The van der Waals surface area contributed by atoms with Crippen molar-refractivity contribution < 1.29 is 4.79 Å². The summed E-state index contributed by atoms with van der Waals surface area (Å²) in [6.07, 6.45) is 2.10. The molecule has 4 heteroatoms. The molecule has 23 heavy (non-hydrogen) atoms. The van der Waals surface area contributed by atoms with Crippen LogP contribution < -0.4 is 16.0 Å². The number of amides is 1. The fourth-order valence-electron chi connectivity index (χ4n) is 3.18. The summed E-state index contributed by atoms with van der Waals surface area (Å²) in [6.45, 7) is 2.84. The number of hydrogen-bond acceptors (Lipinski definition) is 3. The van der Waals surface area contributed by atoms with Gasteiger partial charge >= 0.3 is 0 Å². The maximum Gasteiger partial charge on any atom is 0.239 e. The van der Waals surface area contributed by atoms with Crippen LogP contribution >= 0.6 is 0 Å². The zero-order chi connectivity index (χ0) is 16.1. The molecule has 1 heterocycles. The van der Waals surface area contributed by atoms with Crippen molar-refractivity contribution in [3.63, 3.8) is 0 Å². The van der Waals surface area contributed by atoms with Crippen LogP contribution in [-0.4, -0.2) is 25.5 Å². The predicted molar refractivity (Wildman–Crippen MR) is 93.4 cm³/mol. The molecular weight excluding hydrogens is 286 g/mol. The third-order valence-corrected chi connectivity index (χ3v) is 4.35. The van der Waals surface area contributed by atoms with Crippen molar-refractivity contribution in [3.05, 3.63) is 65.7 Å². The lowest BCUT2D eigenvalue weighted by Gasteiger charge is -2.21. The standard InChI is InChI=1S/C19H23N3O/c20-19(23)18(16-8-2-1-3-9-16)21-12-6-13-22-14-11-15-7-4-5-10-17(15)22/h1-5,7-10,18,21H,6,11-14H2,(H2,20,23)/t18-/m0/s1. The number of primary amides is 1. The second-order valence-corrected chi connectivity index (χ2v) is 5.92. The molecule has 2 aromatic rings. The van der Waals surface area contributed by atoms with E-state index in [1.165, 1.54) is 11.3 Å². The monoisotopic (exact) mass is 309 g/mol. The minimum Gasteiger partial charge on any atom is -0.371 e. The molecule has 0 saturated carbocycles. The average molecular weight is 309 g/mol. The topological polar surface area (TPSA) is 58.4 Å². The highest BCUT2D eigenvalue weighted by Crippen LogP contribution is 2.27. The summed E-state index contributed by atoms with van der Waals surface area (Å²) in [5.41, 5.74) is 9.23. The van der Waals surface area contributed by atoms with Gasteiger partial charge in [-0.15, -0.1) is 0 Å². The normalized spacial score (nSPS) is 14.5. The van der Waals surface area contributed by atoms with Gasteiger partial charge in [0.15, 0.2) is 0 Å². The smallest absolute Gasteiger partial charge is 0.239 e. The summed E-state index contributed by atoms with van der Waals surface area (Å²) in [5, 5.41) is 3.28. The van der Waals surface area contributed by atoms with E-state index in [9.17, 15) is 4.79 Å². The number of para-hydroxylation sites is 1. The molecule has 1 aliphatic heterocycles. The first-order valence-electron chi connectivity index (χ1n) is 8.16. The molecule has 0 fully saturated rings. The lowest BCUT2D eigenvalue weighted by molar-refractivity contribution is -0.120. The highest BCUT2D eigenvalue weighted by Gasteiger charge is 2.19. The predicted octanol–water partition coefficient (Wildman–Crippen LogP) is 2.26. The van der Waals surface area contributed by atoms with Crippen LogP contribution in [-0.2, 0) is 11.2 Å². The summed E-state index contributed by atoms with van der Waals surface area (Å²) < 4.78 is 0. The van der Waals surface area contributed by atoms with Gasteiger partial charge in [0, 0.05) is 18.8 Å². The van der Waals surface area contributed by atoms with Gasteiger partial charge in [0.1, 0.15) is 6.04 Å². The molecule has 1 amide bonds. The minimum atomic E-state index is -0.415. The van der Waals surface area contributed by atoms with E-state index in [0.29, 0.717) is 0 Å². The molecule has 0 aromatic heterocycles. The Hall–Kier alpha value is -2.33. The largest absolute Gasteiger partial charge is 0.371 e. The van der Waals surface area contributed by atoms with Crippen LogP contribution in [0.3, 0.4) is 0 Å². The van der Waals surface area contributed by atoms with Crippen molar-refractivity contribution in [2.24, 2.45) is 5.73 Å². The Kier molecular flexibility index (Phi) is 4.93. The Morgan fingerprint density at radius 2 is 1.87 bits per heavy atom. The number of nitrogens with one attached hydrogen (secondary N) is 1. The Bertz CT molecular complexity index is 657. The molecule has 3 rings (SSSR count). The Morgan fingerprint density at radius 3 is 2.65 bits per heavy atom. The molecule has 1 atom stereocenters. The molecule has 0 spiro atoms. The molecule has 0 unspecified atom stereocenters. The first-order valence-corrected chi connectivity index (χ1v) is 8.16. The van der Waals surface area contributed by atoms with Gasteiger partial charge in [-0.2, -0.15) is 0 Å². The van der Waals surface area contributed by atoms with E-state index in [-0.39, 0.29) is 5.91 Å². The first-order chi connectivity index (χ1) is 11.3. The maximum atomic E-state index is 11.7. The number of benzene rings is 2. The lowest BCUT2D eigenvalue weighted by atomic mass is 10.1. The first kappa shape index (κ1) is 15.6. The number of hydrogen-bond donors (Lipinski definition) is 2. The number of rotatable bonds is 7. The van der Waals surface area contributed by atoms with Crippen LogP contribution in [0, 0.1) is 0 Å². The molecule has 120 valence electrons. The van der Waals surface area contributed by atoms with E-state index >= 15 is 0 Å². The molecule has 2 aromatic carbocycles. The fourth-order valence-corrected chi connectivity index (χ4v) is 3.18. The third-order valence-electron chi connectivity index (χ3n) is 4.35. The number of anilines is 1. The molecule has 0 radical (unpaired) electrons. The van der Waals surface area contributed by atoms with E-state index in [0.717, 1.165) is 38.0 Å². The van der Waals surface area contributed by atoms with Gasteiger partial charge in [-0.05, 0) is 36.6 Å². The van der Waals surface area contributed by atoms with Gasteiger partial charge in [-0.25, -0.2) is 0 Å². The van der Waals surface area contributed by atoms with Crippen LogP contribution in [0.5, 0.6) is 0 Å². The Balaban J connectivity index is 1.50. The van der Waals surface area contributed by atoms with Crippen molar-refractivity contribution in [3.8, 4) is 0 Å². The third kappa shape index (κ3) is 3.71. The molecule has 1 aliphatic rings. The van der Waals surface area contributed by atoms with Crippen molar-refractivity contribution in [2.75, 3.05) is 24.5 Å². The second kappa shape index (κ2) is 7.29. The van der Waals surface area contributed by atoms with Crippen LogP contribution in [0.4, 0.5) is 5.69 Å². The quantitative estimate of drug-likeness (QED) is 0.771. The van der Waals surface area contributed by atoms with E-state index in [1.807, 2.05) is 30.3 Å². The Morgan fingerprint density at radius 1 is 1.13 bits per heavy atom. The molecule has 0 saturated heterocycles. The number of carbonyl (C=O) groups excluding carboxylic acids is 1. The van der Waals surface area contributed by atoms with Crippen molar-refractivity contribution in [1.29, 1.82) is 0 Å². The number of nitrogens with zero attached hydrogens (tertiary/aromatic N) is 1. The molecule has 4 nitrogen and oxygen atoms in total. The molecular formula is C19H23N3O. The molecule has 3 N–H and O–H groups in total. The van der Waals surface area contributed by atoms with Crippen molar-refractivity contribution >= 4 is 11.6 Å². The van der Waals surface area contributed by atoms with E-state index in [4.69, 9.17) is 5.73 Å². The van der Waals surface area contributed by atoms with Crippen molar-refractivity contribution in [2.45, 2.75) is 18.9 Å². The van der Waals surface area contributed by atoms with Crippen LogP contribution in [0.1, 0.15) is 23.6 Å². The van der Waals surface area contributed by atoms with Gasteiger partial charge in [0.05, 0.1) is 0 Å². The van der Waals surface area contributed by atoms with Crippen LogP contribution in [0.25, 0.3) is 0 Å². The highest BCUT2D eigenvalue weighted by atomic mass is 16.1. The van der Waals surface area contributed by atoms with E-state index in [2.05, 4.69) is 34.5 Å². The van der Waals surface area contributed by atoms with Crippen molar-refractivity contribution in [1.82, 2.24) is 5.32 Å². The maximum absolute atomic E-state index is 11.7. The minimum absolute atomic E-state index is 0.331. The van der Waals surface area contributed by atoms with Crippen LogP contribution in [0.15, 0.2) is 54.6 Å². The van der Waals surface area contributed by atoms with Gasteiger partial charge < -0.3 is 16.0 Å². The summed E-state index contributed by atoms with van der Waals surface area (Å²) in [7, 11) is 0. The van der Waals surface area contributed by atoms with Gasteiger partial charge in [-0.1, -0.05) is 48.5 Å². The number of nitrogens with two attached hydrogens (primary N) is 1. The number of carbonyl (C=O) groups is 1. The molecule has 0 aliphatic carbocycles. The zero-order valence-corrected chi connectivity index (χ0v) is 13.2. The summed E-state index contributed by atoms with van der Waals surface area (Å²) in [6, 6.07) is 17.8. The molecule has 0 bridgehead atoms. The average Bonchev–Trinajstić information content (AvgIpc) is 2.98. The summed E-state index contributed by atoms with van der Waals surface area (Å²) >= 11 is 0. The summed E-state index contributed by atoms with van der Waals surface area (Å²) in [4.78, 5) is 14.1. The fraction of sp³-hybridized carbons (Fsp3) is 0.316. The highest BCUT2D eigenvalue weighted by molar-refractivity contribution is 5.81. The van der Waals surface area contributed by atoms with Gasteiger partial charge in [-0.3, -0.25) is 4.79 Å². The number of fused-ring (bicyclic) bond motifs is 1. The van der Waals surface area contributed by atoms with Crippen LogP contribution in [0.2, 0.25) is 0 Å². The summed E-state index contributed by atoms with van der Waals surface area (Å²) in [5.74, 6) is -0.331.